The molecule has 0 saturated carbocycles. The molecule has 1 atom stereocenters. The van der Waals surface area contributed by atoms with Gasteiger partial charge in [0.1, 0.15) is 6.04 Å². The first-order valence-corrected chi connectivity index (χ1v) is 8.74. The molecule has 26 heavy (non-hydrogen) atoms. The zero-order valence-electron chi connectivity index (χ0n) is 15.5. The minimum Gasteiger partial charge on any atom is -0.358 e. The van der Waals surface area contributed by atoms with Gasteiger partial charge in [-0.25, -0.2) is 0 Å². The maximum Gasteiger partial charge on any atom is 0.241 e. The van der Waals surface area contributed by atoms with Crippen LogP contribution in [0.1, 0.15) is 22.7 Å². The van der Waals surface area contributed by atoms with Gasteiger partial charge in [-0.15, -0.1) is 0 Å². The summed E-state index contributed by atoms with van der Waals surface area (Å²) in [6.45, 7) is 3.98. The molecule has 1 unspecified atom stereocenters. The molecule has 2 amide bonds. The first kappa shape index (κ1) is 19.9. The van der Waals surface area contributed by atoms with Gasteiger partial charge in [0, 0.05) is 17.8 Å². The van der Waals surface area contributed by atoms with Crippen molar-refractivity contribution < 1.29 is 9.59 Å². The normalized spacial score (nSPS) is 11.9. The second-order valence-corrected chi connectivity index (χ2v) is 6.73. The standard InChI is InChI=1S/C20H24ClN3O2/c1-13-6-5-7-14(2)18(13)23-17(25)12-24(4)19(20(26)22-3)15-8-10-16(21)11-9-15/h5-11,19H,12H2,1-4H3,(H,22,26)(H,23,25). The van der Waals surface area contributed by atoms with Crippen LogP contribution in [0.25, 0.3) is 0 Å². The second kappa shape index (κ2) is 8.83. The Balaban J connectivity index is 2.16. The lowest BCUT2D eigenvalue weighted by Crippen LogP contribution is -2.41. The smallest absolute Gasteiger partial charge is 0.241 e. The molecular formula is C20H24ClN3O2. The largest absolute Gasteiger partial charge is 0.358 e. The molecule has 0 spiro atoms. The molecule has 6 heteroatoms. The minimum absolute atomic E-state index is 0.0779. The highest BCUT2D eigenvalue weighted by Gasteiger charge is 2.26. The van der Waals surface area contributed by atoms with Gasteiger partial charge in [0.25, 0.3) is 0 Å². The van der Waals surface area contributed by atoms with Crippen LogP contribution in [0.5, 0.6) is 0 Å². The summed E-state index contributed by atoms with van der Waals surface area (Å²) in [5, 5.41) is 6.20. The molecule has 2 aromatic carbocycles. The van der Waals surface area contributed by atoms with Crippen molar-refractivity contribution in [1.82, 2.24) is 10.2 Å². The first-order valence-electron chi connectivity index (χ1n) is 8.37. The number of nitrogens with zero attached hydrogens (tertiary/aromatic N) is 1. The van der Waals surface area contributed by atoms with Gasteiger partial charge in [-0.3, -0.25) is 14.5 Å². The summed E-state index contributed by atoms with van der Waals surface area (Å²) < 4.78 is 0. The van der Waals surface area contributed by atoms with Crippen LogP contribution in [-0.4, -0.2) is 37.4 Å². The number of aryl methyl sites for hydroxylation is 2. The van der Waals surface area contributed by atoms with E-state index in [0.29, 0.717) is 5.02 Å². The number of hydrogen-bond donors (Lipinski definition) is 2. The molecule has 5 nitrogen and oxygen atoms in total. The molecule has 2 rings (SSSR count). The number of nitrogens with one attached hydrogen (secondary N) is 2. The van der Waals surface area contributed by atoms with Crippen LogP contribution >= 0.6 is 11.6 Å². The molecule has 0 aliphatic carbocycles. The number of carbonyl (C=O) groups excluding carboxylic acids is 2. The zero-order valence-corrected chi connectivity index (χ0v) is 16.2. The van der Waals surface area contributed by atoms with Crippen LogP contribution in [0, 0.1) is 13.8 Å². The molecule has 2 N–H and O–H groups in total. The van der Waals surface area contributed by atoms with Crippen LogP contribution in [0.3, 0.4) is 0 Å². The zero-order chi connectivity index (χ0) is 19.3. The Morgan fingerprint density at radius 3 is 2.19 bits per heavy atom. The summed E-state index contributed by atoms with van der Waals surface area (Å²) in [5.41, 5.74) is 3.59. The van der Waals surface area contributed by atoms with Crippen LogP contribution in [0.15, 0.2) is 42.5 Å². The van der Waals surface area contributed by atoms with Crippen LogP contribution in [0.4, 0.5) is 5.69 Å². The predicted molar refractivity (Wildman–Crippen MR) is 105 cm³/mol. The van der Waals surface area contributed by atoms with Crippen LogP contribution in [-0.2, 0) is 9.59 Å². The van der Waals surface area contributed by atoms with Gasteiger partial charge in [0.15, 0.2) is 0 Å². The van der Waals surface area contributed by atoms with E-state index in [1.807, 2.05) is 32.0 Å². The maximum atomic E-state index is 12.5. The van der Waals surface area contributed by atoms with E-state index in [-0.39, 0.29) is 18.4 Å². The van der Waals surface area contributed by atoms with Crippen molar-refractivity contribution in [3.05, 3.63) is 64.2 Å². The Morgan fingerprint density at radius 1 is 1.08 bits per heavy atom. The molecule has 138 valence electrons. The number of likely N-dealkylation sites (N-methyl/N-ethyl adjacent to an activating group) is 2. The first-order chi connectivity index (χ1) is 12.3. The molecule has 0 radical (unpaired) electrons. The lowest BCUT2D eigenvalue weighted by molar-refractivity contribution is -0.126. The van der Waals surface area contributed by atoms with Gasteiger partial charge in [-0.1, -0.05) is 41.9 Å². The Bertz CT molecular complexity index is 770. The summed E-state index contributed by atoms with van der Waals surface area (Å²) in [7, 11) is 3.33. The number of para-hydroxylation sites is 1. The quantitative estimate of drug-likeness (QED) is 0.816. The van der Waals surface area contributed by atoms with Crippen molar-refractivity contribution in [1.29, 1.82) is 0 Å². The van der Waals surface area contributed by atoms with Gasteiger partial charge < -0.3 is 10.6 Å². The summed E-state index contributed by atoms with van der Waals surface area (Å²) in [4.78, 5) is 26.6. The summed E-state index contributed by atoms with van der Waals surface area (Å²) in [6.07, 6.45) is 0. The molecule has 0 fully saturated rings. The van der Waals surface area contributed by atoms with E-state index in [1.54, 1.807) is 43.3 Å². The van der Waals surface area contributed by atoms with Gasteiger partial charge in [0.05, 0.1) is 6.54 Å². The van der Waals surface area contributed by atoms with E-state index in [0.717, 1.165) is 22.4 Å². The SMILES string of the molecule is CNC(=O)C(c1ccc(Cl)cc1)N(C)CC(=O)Nc1c(C)cccc1C. The Morgan fingerprint density at radius 2 is 1.65 bits per heavy atom. The fourth-order valence-corrected chi connectivity index (χ4v) is 3.02. The van der Waals surface area contributed by atoms with Crippen molar-refractivity contribution in [3.8, 4) is 0 Å². The van der Waals surface area contributed by atoms with Crippen molar-refractivity contribution in [2.45, 2.75) is 19.9 Å². The number of carbonyl (C=O) groups is 2. The number of rotatable bonds is 6. The van der Waals surface area contributed by atoms with Gasteiger partial charge in [-0.2, -0.15) is 0 Å². The molecule has 0 saturated heterocycles. The van der Waals surface area contributed by atoms with E-state index >= 15 is 0 Å². The molecule has 0 aromatic heterocycles. The highest BCUT2D eigenvalue weighted by Crippen LogP contribution is 2.23. The lowest BCUT2D eigenvalue weighted by Gasteiger charge is -2.26. The van der Waals surface area contributed by atoms with E-state index in [2.05, 4.69) is 10.6 Å². The van der Waals surface area contributed by atoms with Crippen molar-refractivity contribution in [2.75, 3.05) is 26.0 Å². The van der Waals surface area contributed by atoms with Crippen molar-refractivity contribution in [3.63, 3.8) is 0 Å². The minimum atomic E-state index is -0.582. The van der Waals surface area contributed by atoms with Gasteiger partial charge in [0.2, 0.25) is 11.8 Å². The number of halogens is 1. The number of hydrogen-bond acceptors (Lipinski definition) is 3. The summed E-state index contributed by atoms with van der Waals surface area (Å²) >= 11 is 5.94. The fraction of sp³-hybridized carbons (Fsp3) is 0.300. The molecular weight excluding hydrogens is 350 g/mol. The third kappa shape index (κ3) is 4.84. The fourth-order valence-electron chi connectivity index (χ4n) is 2.90. The summed E-state index contributed by atoms with van der Waals surface area (Å²) in [6, 6.07) is 12.3. The Hall–Kier alpha value is -2.37. The maximum absolute atomic E-state index is 12.5. The average Bonchev–Trinajstić information content (AvgIpc) is 2.60. The van der Waals surface area contributed by atoms with Gasteiger partial charge in [-0.05, 0) is 49.7 Å². The summed E-state index contributed by atoms with van der Waals surface area (Å²) in [5.74, 6) is -0.359. The Labute approximate surface area is 159 Å². The predicted octanol–water partition coefficient (Wildman–Crippen LogP) is 3.31. The van der Waals surface area contributed by atoms with E-state index in [4.69, 9.17) is 11.6 Å². The number of anilines is 1. The Kier molecular flexibility index (Phi) is 6.77. The van der Waals surface area contributed by atoms with Gasteiger partial charge >= 0.3 is 0 Å². The number of benzene rings is 2. The van der Waals surface area contributed by atoms with E-state index in [1.165, 1.54) is 0 Å². The molecule has 0 heterocycles. The van der Waals surface area contributed by atoms with Crippen LogP contribution in [0.2, 0.25) is 5.02 Å². The lowest BCUT2D eigenvalue weighted by atomic mass is 10.0. The highest BCUT2D eigenvalue weighted by atomic mass is 35.5. The van der Waals surface area contributed by atoms with Crippen molar-refractivity contribution in [2.24, 2.45) is 0 Å². The number of amides is 2. The second-order valence-electron chi connectivity index (χ2n) is 6.30. The average molecular weight is 374 g/mol. The highest BCUT2D eigenvalue weighted by molar-refractivity contribution is 6.30. The van der Waals surface area contributed by atoms with E-state index < -0.39 is 6.04 Å². The molecule has 0 aliphatic rings. The topological polar surface area (TPSA) is 61.4 Å². The van der Waals surface area contributed by atoms with Crippen LogP contribution < -0.4 is 10.6 Å². The third-order valence-electron chi connectivity index (χ3n) is 4.26. The van der Waals surface area contributed by atoms with Crippen molar-refractivity contribution >= 4 is 29.1 Å². The molecule has 2 aromatic rings. The monoisotopic (exact) mass is 373 g/mol. The third-order valence-corrected chi connectivity index (χ3v) is 4.51. The molecule has 0 bridgehead atoms. The van der Waals surface area contributed by atoms with E-state index in [9.17, 15) is 9.59 Å². The molecule has 0 aliphatic heterocycles.